The van der Waals surface area contributed by atoms with Crippen LogP contribution in [0.4, 0.5) is 0 Å². The van der Waals surface area contributed by atoms with Gasteiger partial charge in [0.05, 0.1) is 12.6 Å². The summed E-state index contributed by atoms with van der Waals surface area (Å²) >= 11 is 0. The van der Waals surface area contributed by atoms with E-state index in [9.17, 15) is 5.11 Å². The molecule has 2 rings (SSSR count). The molecule has 1 saturated carbocycles. The number of aliphatic hydroxyl groups excluding tert-OH is 1. The van der Waals surface area contributed by atoms with Crippen molar-refractivity contribution < 1.29 is 5.11 Å². The first-order valence-corrected chi connectivity index (χ1v) is 5.23. The smallest absolute Gasteiger partial charge is 0.0626 e. The van der Waals surface area contributed by atoms with E-state index < -0.39 is 0 Å². The van der Waals surface area contributed by atoms with E-state index in [0.717, 1.165) is 5.92 Å². The molecule has 2 N–H and O–H groups in total. The SMILES string of the molecule is CNC(CO)c1ccccc1C1CC1. The minimum atomic E-state index is 0.0896. The second-order valence-electron chi connectivity index (χ2n) is 3.93. The van der Waals surface area contributed by atoms with Crippen molar-refractivity contribution >= 4 is 0 Å². The molecule has 14 heavy (non-hydrogen) atoms. The number of hydrogen-bond donors (Lipinski definition) is 2. The van der Waals surface area contributed by atoms with Crippen LogP contribution in [-0.4, -0.2) is 18.8 Å². The molecule has 1 aromatic rings. The topological polar surface area (TPSA) is 32.3 Å². The van der Waals surface area contributed by atoms with Gasteiger partial charge >= 0.3 is 0 Å². The monoisotopic (exact) mass is 191 g/mol. The Kier molecular flexibility index (Phi) is 2.85. The molecule has 1 aromatic carbocycles. The Labute approximate surface area is 85.0 Å². The molecular weight excluding hydrogens is 174 g/mol. The third kappa shape index (κ3) is 1.81. The summed E-state index contributed by atoms with van der Waals surface area (Å²) in [5.74, 6) is 0.744. The molecule has 2 heteroatoms. The van der Waals surface area contributed by atoms with E-state index in [1.807, 2.05) is 13.1 Å². The molecule has 1 aliphatic carbocycles. The zero-order valence-electron chi connectivity index (χ0n) is 8.53. The molecule has 1 fully saturated rings. The van der Waals surface area contributed by atoms with Gasteiger partial charge in [-0.1, -0.05) is 24.3 Å². The van der Waals surface area contributed by atoms with E-state index in [2.05, 4.69) is 23.5 Å². The number of hydrogen-bond acceptors (Lipinski definition) is 2. The van der Waals surface area contributed by atoms with Gasteiger partial charge in [0.1, 0.15) is 0 Å². The van der Waals surface area contributed by atoms with E-state index in [1.165, 1.54) is 24.0 Å². The number of nitrogens with one attached hydrogen (secondary N) is 1. The summed E-state index contributed by atoms with van der Waals surface area (Å²) in [6, 6.07) is 8.52. The van der Waals surface area contributed by atoms with Gasteiger partial charge in [-0.15, -0.1) is 0 Å². The molecule has 0 amide bonds. The standard InChI is InChI=1S/C12H17NO/c1-13-12(8-14)11-5-3-2-4-10(11)9-6-7-9/h2-5,9,12-14H,6-8H2,1H3. The zero-order valence-corrected chi connectivity index (χ0v) is 8.53. The third-order valence-corrected chi connectivity index (χ3v) is 2.92. The average Bonchev–Trinajstić information content (AvgIpc) is 3.04. The van der Waals surface area contributed by atoms with Crippen molar-refractivity contribution in [2.45, 2.75) is 24.8 Å². The first kappa shape index (κ1) is 9.69. The van der Waals surface area contributed by atoms with Crippen molar-refractivity contribution in [1.82, 2.24) is 5.32 Å². The van der Waals surface area contributed by atoms with E-state index in [1.54, 1.807) is 0 Å². The minimum Gasteiger partial charge on any atom is -0.394 e. The maximum Gasteiger partial charge on any atom is 0.0626 e. The first-order chi connectivity index (χ1) is 6.86. The molecule has 0 spiro atoms. The molecule has 0 radical (unpaired) electrons. The molecule has 0 heterocycles. The molecule has 2 nitrogen and oxygen atoms in total. The average molecular weight is 191 g/mol. The minimum absolute atomic E-state index is 0.0896. The lowest BCUT2D eigenvalue weighted by atomic mass is 9.98. The summed E-state index contributed by atoms with van der Waals surface area (Å²) in [6.45, 7) is 0.167. The van der Waals surface area contributed by atoms with E-state index >= 15 is 0 Å². The van der Waals surface area contributed by atoms with Crippen LogP contribution >= 0.6 is 0 Å². The summed E-state index contributed by atoms with van der Waals surface area (Å²) in [5.41, 5.74) is 2.68. The summed E-state index contributed by atoms with van der Waals surface area (Å²) in [6.07, 6.45) is 2.61. The highest BCUT2D eigenvalue weighted by molar-refractivity contribution is 5.35. The van der Waals surface area contributed by atoms with Gasteiger partial charge in [-0.2, -0.15) is 0 Å². The predicted octanol–water partition coefficient (Wildman–Crippen LogP) is 1.82. The van der Waals surface area contributed by atoms with Crippen molar-refractivity contribution in [3.05, 3.63) is 35.4 Å². The lowest BCUT2D eigenvalue weighted by molar-refractivity contribution is 0.250. The van der Waals surface area contributed by atoms with Crippen molar-refractivity contribution in [3.8, 4) is 0 Å². The van der Waals surface area contributed by atoms with Crippen LogP contribution in [0.1, 0.15) is 35.9 Å². The molecule has 0 aromatic heterocycles. The lowest BCUT2D eigenvalue weighted by Crippen LogP contribution is -2.21. The first-order valence-electron chi connectivity index (χ1n) is 5.23. The van der Waals surface area contributed by atoms with E-state index in [4.69, 9.17) is 0 Å². The van der Waals surface area contributed by atoms with Crippen LogP contribution in [0.3, 0.4) is 0 Å². The van der Waals surface area contributed by atoms with Crippen LogP contribution < -0.4 is 5.32 Å². The van der Waals surface area contributed by atoms with Gasteiger partial charge in [-0.05, 0) is 36.9 Å². The Morgan fingerprint density at radius 2 is 2.14 bits per heavy atom. The van der Waals surface area contributed by atoms with Gasteiger partial charge in [0.2, 0.25) is 0 Å². The molecule has 1 unspecified atom stereocenters. The van der Waals surface area contributed by atoms with Crippen LogP contribution in [0.2, 0.25) is 0 Å². The Balaban J connectivity index is 2.29. The summed E-state index contributed by atoms with van der Waals surface area (Å²) < 4.78 is 0. The summed E-state index contributed by atoms with van der Waals surface area (Å²) in [4.78, 5) is 0. The van der Waals surface area contributed by atoms with Gasteiger partial charge in [0, 0.05) is 0 Å². The Morgan fingerprint density at radius 3 is 2.71 bits per heavy atom. The molecule has 1 aliphatic rings. The number of benzene rings is 1. The van der Waals surface area contributed by atoms with Crippen molar-refractivity contribution in [2.75, 3.05) is 13.7 Å². The highest BCUT2D eigenvalue weighted by Crippen LogP contribution is 2.42. The lowest BCUT2D eigenvalue weighted by Gasteiger charge is -2.17. The molecule has 1 atom stereocenters. The number of aliphatic hydroxyl groups is 1. The number of rotatable bonds is 4. The Morgan fingerprint density at radius 1 is 1.43 bits per heavy atom. The van der Waals surface area contributed by atoms with Crippen LogP contribution in [-0.2, 0) is 0 Å². The van der Waals surface area contributed by atoms with Gasteiger partial charge in [-0.25, -0.2) is 0 Å². The molecule has 76 valence electrons. The fourth-order valence-electron chi connectivity index (χ4n) is 1.94. The van der Waals surface area contributed by atoms with Crippen LogP contribution in [0.25, 0.3) is 0 Å². The molecular formula is C12H17NO. The summed E-state index contributed by atoms with van der Waals surface area (Å²) in [5, 5.41) is 12.4. The van der Waals surface area contributed by atoms with Crippen LogP contribution in [0.15, 0.2) is 24.3 Å². The Hall–Kier alpha value is -0.860. The highest BCUT2D eigenvalue weighted by Gasteiger charge is 2.27. The Bertz CT molecular complexity index is 303. The fourth-order valence-corrected chi connectivity index (χ4v) is 1.94. The summed E-state index contributed by atoms with van der Waals surface area (Å²) in [7, 11) is 1.89. The van der Waals surface area contributed by atoms with Crippen molar-refractivity contribution in [2.24, 2.45) is 0 Å². The predicted molar refractivity (Wildman–Crippen MR) is 57.3 cm³/mol. The highest BCUT2D eigenvalue weighted by atomic mass is 16.3. The maximum absolute atomic E-state index is 9.24. The van der Waals surface area contributed by atoms with Crippen LogP contribution in [0, 0.1) is 0 Å². The normalized spacial score (nSPS) is 18.1. The molecule has 0 saturated heterocycles. The quantitative estimate of drug-likeness (QED) is 0.761. The molecule has 0 bridgehead atoms. The second kappa shape index (κ2) is 4.11. The number of likely N-dealkylation sites (N-methyl/N-ethyl adjacent to an activating group) is 1. The maximum atomic E-state index is 9.24. The van der Waals surface area contributed by atoms with E-state index in [0.29, 0.717) is 0 Å². The van der Waals surface area contributed by atoms with Gasteiger partial charge in [0.25, 0.3) is 0 Å². The second-order valence-corrected chi connectivity index (χ2v) is 3.93. The zero-order chi connectivity index (χ0) is 9.97. The van der Waals surface area contributed by atoms with Gasteiger partial charge in [-0.3, -0.25) is 0 Å². The van der Waals surface area contributed by atoms with Crippen LogP contribution in [0.5, 0.6) is 0 Å². The van der Waals surface area contributed by atoms with Gasteiger partial charge < -0.3 is 10.4 Å². The van der Waals surface area contributed by atoms with Gasteiger partial charge in [0.15, 0.2) is 0 Å². The fraction of sp³-hybridized carbons (Fsp3) is 0.500. The molecule has 0 aliphatic heterocycles. The third-order valence-electron chi connectivity index (χ3n) is 2.92. The van der Waals surface area contributed by atoms with E-state index in [-0.39, 0.29) is 12.6 Å². The van der Waals surface area contributed by atoms with Crippen molar-refractivity contribution in [3.63, 3.8) is 0 Å². The van der Waals surface area contributed by atoms with Crippen molar-refractivity contribution in [1.29, 1.82) is 0 Å². The largest absolute Gasteiger partial charge is 0.394 e.